The van der Waals surface area contributed by atoms with E-state index < -0.39 is 0 Å². The molecule has 0 spiro atoms. The molecule has 0 unspecified atom stereocenters. The van der Waals surface area contributed by atoms with Crippen LogP contribution < -0.4 is 10.2 Å². The average molecular weight is 464 g/mol. The fraction of sp³-hybridized carbons (Fsp3) is 0.280. The molecule has 7 heteroatoms. The maximum absolute atomic E-state index is 6.35. The maximum Gasteiger partial charge on any atom is 0.227 e. The Labute approximate surface area is 197 Å². The van der Waals surface area contributed by atoms with Gasteiger partial charge < -0.3 is 10.2 Å². The van der Waals surface area contributed by atoms with Crippen LogP contribution in [0.1, 0.15) is 10.4 Å². The van der Waals surface area contributed by atoms with Crippen molar-refractivity contribution < 1.29 is 0 Å². The van der Waals surface area contributed by atoms with E-state index in [-0.39, 0.29) is 0 Å². The molecule has 0 saturated carbocycles. The summed E-state index contributed by atoms with van der Waals surface area (Å²) >= 11 is 8.15. The monoisotopic (exact) mass is 463 g/mol. The Morgan fingerprint density at radius 2 is 1.72 bits per heavy atom. The lowest BCUT2D eigenvalue weighted by molar-refractivity contribution is 0.249. The first kappa shape index (κ1) is 21.2. The predicted octanol–water partition coefficient (Wildman–Crippen LogP) is 5.32. The van der Waals surface area contributed by atoms with Gasteiger partial charge in [0.2, 0.25) is 5.95 Å². The Morgan fingerprint density at radius 3 is 2.53 bits per heavy atom. The standard InChI is InChI=1S/C25H26ClN5S/c26-22-9-3-1-6-19(22)18-30-13-15-31(16-14-30)25-28-23-10-4-2-8-21(23)24(29-25)27-12-11-20-7-5-17-32-20/h1-10,17H,11-16,18H2,(H,27,28,29). The van der Waals surface area contributed by atoms with Crippen LogP contribution in [0.4, 0.5) is 11.8 Å². The van der Waals surface area contributed by atoms with Crippen molar-refractivity contribution in [2.24, 2.45) is 0 Å². The van der Waals surface area contributed by atoms with Crippen molar-refractivity contribution in [1.82, 2.24) is 14.9 Å². The van der Waals surface area contributed by atoms with Gasteiger partial charge in [0.25, 0.3) is 0 Å². The van der Waals surface area contributed by atoms with Crippen molar-refractivity contribution >= 4 is 45.6 Å². The number of para-hydroxylation sites is 1. The van der Waals surface area contributed by atoms with Crippen molar-refractivity contribution in [3.8, 4) is 0 Å². The van der Waals surface area contributed by atoms with Crippen LogP contribution in [0.15, 0.2) is 66.0 Å². The second kappa shape index (κ2) is 9.86. The molecule has 1 aliphatic rings. The third-order valence-corrected chi connectivity index (χ3v) is 7.15. The van der Waals surface area contributed by atoms with Crippen molar-refractivity contribution in [1.29, 1.82) is 0 Å². The highest BCUT2D eigenvalue weighted by Crippen LogP contribution is 2.25. The number of piperazine rings is 1. The van der Waals surface area contributed by atoms with Crippen molar-refractivity contribution in [3.63, 3.8) is 0 Å². The first-order valence-electron chi connectivity index (χ1n) is 11.0. The van der Waals surface area contributed by atoms with Gasteiger partial charge in [0.1, 0.15) is 5.82 Å². The van der Waals surface area contributed by atoms with E-state index in [9.17, 15) is 0 Å². The highest BCUT2D eigenvalue weighted by Gasteiger charge is 2.21. The fourth-order valence-electron chi connectivity index (χ4n) is 4.07. The van der Waals surface area contributed by atoms with E-state index in [1.807, 2.05) is 30.3 Å². The Bertz CT molecular complexity index is 1170. The zero-order valence-corrected chi connectivity index (χ0v) is 19.4. The largest absolute Gasteiger partial charge is 0.369 e. The molecule has 5 rings (SSSR count). The molecule has 5 nitrogen and oxygen atoms in total. The summed E-state index contributed by atoms with van der Waals surface area (Å²) in [5.74, 6) is 1.72. The first-order chi connectivity index (χ1) is 15.8. The summed E-state index contributed by atoms with van der Waals surface area (Å²) in [6, 6.07) is 20.6. The lowest BCUT2D eigenvalue weighted by atomic mass is 10.2. The number of halogens is 1. The number of hydrogen-bond acceptors (Lipinski definition) is 6. The summed E-state index contributed by atoms with van der Waals surface area (Å²) in [7, 11) is 0. The summed E-state index contributed by atoms with van der Waals surface area (Å²) in [4.78, 5) is 15.9. The van der Waals surface area contributed by atoms with Crippen LogP contribution in [0.5, 0.6) is 0 Å². The number of benzene rings is 2. The quantitative estimate of drug-likeness (QED) is 0.401. The molecule has 2 aromatic carbocycles. The zero-order valence-electron chi connectivity index (χ0n) is 17.9. The SMILES string of the molecule is Clc1ccccc1CN1CCN(c2nc(NCCc3cccs3)c3ccccc3n2)CC1. The van der Waals surface area contributed by atoms with Gasteiger partial charge in [0.15, 0.2) is 0 Å². The van der Waals surface area contributed by atoms with Crippen LogP contribution in [0.3, 0.4) is 0 Å². The second-order valence-electron chi connectivity index (χ2n) is 8.00. The minimum Gasteiger partial charge on any atom is -0.369 e. The summed E-state index contributed by atoms with van der Waals surface area (Å²) in [5, 5.41) is 7.59. The molecule has 1 N–H and O–H groups in total. The molecular weight excluding hydrogens is 438 g/mol. The summed E-state index contributed by atoms with van der Waals surface area (Å²) in [6.07, 6.45) is 0.992. The molecule has 1 saturated heterocycles. The van der Waals surface area contributed by atoms with Crippen LogP contribution >= 0.6 is 22.9 Å². The molecule has 0 radical (unpaired) electrons. The van der Waals surface area contributed by atoms with Gasteiger partial charge in [-0.05, 0) is 41.6 Å². The lowest BCUT2D eigenvalue weighted by Gasteiger charge is -2.35. The van der Waals surface area contributed by atoms with E-state index in [1.54, 1.807) is 11.3 Å². The number of fused-ring (bicyclic) bond motifs is 1. The summed E-state index contributed by atoms with van der Waals surface area (Å²) in [6.45, 7) is 5.45. The molecule has 4 aromatic rings. The minimum atomic E-state index is 0.805. The Hall–Kier alpha value is -2.67. The van der Waals surface area contributed by atoms with E-state index >= 15 is 0 Å². The van der Waals surface area contributed by atoms with Crippen LogP contribution in [-0.2, 0) is 13.0 Å². The first-order valence-corrected chi connectivity index (χ1v) is 12.3. The molecule has 32 heavy (non-hydrogen) atoms. The maximum atomic E-state index is 6.35. The zero-order chi connectivity index (χ0) is 21.8. The van der Waals surface area contributed by atoms with Crippen molar-refractivity contribution in [3.05, 3.63) is 81.5 Å². The molecule has 0 amide bonds. The van der Waals surface area contributed by atoms with E-state index in [0.717, 1.165) is 73.4 Å². The molecule has 0 bridgehead atoms. The summed E-state index contributed by atoms with van der Waals surface area (Å²) in [5.41, 5.74) is 2.16. The van der Waals surface area contributed by atoms with Crippen molar-refractivity contribution in [2.75, 3.05) is 42.9 Å². The number of aromatic nitrogens is 2. The van der Waals surface area contributed by atoms with Gasteiger partial charge in [-0.15, -0.1) is 11.3 Å². The van der Waals surface area contributed by atoms with Crippen LogP contribution in [0.25, 0.3) is 10.9 Å². The highest BCUT2D eigenvalue weighted by molar-refractivity contribution is 7.09. The molecular formula is C25H26ClN5S. The van der Waals surface area contributed by atoms with Crippen LogP contribution in [-0.4, -0.2) is 47.6 Å². The number of hydrogen-bond donors (Lipinski definition) is 1. The Kier molecular flexibility index (Phi) is 6.53. The van der Waals surface area contributed by atoms with Crippen LogP contribution in [0, 0.1) is 0 Å². The van der Waals surface area contributed by atoms with E-state index in [0.29, 0.717) is 0 Å². The van der Waals surface area contributed by atoms with Gasteiger partial charge in [0.05, 0.1) is 5.52 Å². The molecule has 0 atom stereocenters. The lowest BCUT2D eigenvalue weighted by Crippen LogP contribution is -2.46. The topological polar surface area (TPSA) is 44.3 Å². The van der Waals surface area contributed by atoms with Gasteiger partial charge in [0, 0.05) is 54.6 Å². The molecule has 2 aromatic heterocycles. The number of nitrogens with zero attached hydrogens (tertiary/aromatic N) is 4. The van der Waals surface area contributed by atoms with Gasteiger partial charge in [-0.25, -0.2) is 4.98 Å². The Morgan fingerprint density at radius 1 is 0.906 bits per heavy atom. The van der Waals surface area contributed by atoms with Gasteiger partial charge in [-0.2, -0.15) is 4.98 Å². The number of nitrogens with one attached hydrogen (secondary N) is 1. The van der Waals surface area contributed by atoms with E-state index in [4.69, 9.17) is 21.6 Å². The van der Waals surface area contributed by atoms with E-state index in [1.165, 1.54) is 10.4 Å². The Balaban J connectivity index is 1.28. The molecule has 0 aliphatic carbocycles. The minimum absolute atomic E-state index is 0.805. The van der Waals surface area contributed by atoms with Gasteiger partial charge in [-0.3, -0.25) is 4.90 Å². The molecule has 1 fully saturated rings. The molecule has 1 aliphatic heterocycles. The summed E-state index contributed by atoms with van der Waals surface area (Å²) < 4.78 is 0. The third-order valence-electron chi connectivity index (χ3n) is 5.84. The number of thiophene rings is 1. The smallest absolute Gasteiger partial charge is 0.227 e. The van der Waals surface area contributed by atoms with Crippen LogP contribution in [0.2, 0.25) is 5.02 Å². The molecule has 3 heterocycles. The number of anilines is 2. The van der Waals surface area contributed by atoms with E-state index in [2.05, 4.69) is 50.8 Å². The molecule has 164 valence electrons. The van der Waals surface area contributed by atoms with Gasteiger partial charge in [-0.1, -0.05) is 48.0 Å². The van der Waals surface area contributed by atoms with Crippen molar-refractivity contribution in [2.45, 2.75) is 13.0 Å². The predicted molar refractivity (Wildman–Crippen MR) is 135 cm³/mol. The normalized spacial score (nSPS) is 14.7. The van der Waals surface area contributed by atoms with Gasteiger partial charge >= 0.3 is 0 Å². The third kappa shape index (κ3) is 4.88. The number of rotatable bonds is 7. The fourth-order valence-corrected chi connectivity index (χ4v) is 4.98. The second-order valence-corrected chi connectivity index (χ2v) is 9.44. The highest BCUT2D eigenvalue weighted by atomic mass is 35.5. The average Bonchev–Trinajstić information content (AvgIpc) is 3.34.